The molecule has 3 N–H and O–H groups in total. The molecule has 0 aromatic heterocycles. The number of aliphatic hydroxyl groups is 2. The zero-order valence-corrected chi connectivity index (χ0v) is 15.5. The smallest absolute Gasteiger partial charge is 0.388 e. The molecule has 150 valence electrons. The van der Waals surface area contributed by atoms with Gasteiger partial charge in [-0.2, -0.15) is 13.2 Å². The highest BCUT2D eigenvalue weighted by Gasteiger charge is 2.38. The summed E-state index contributed by atoms with van der Waals surface area (Å²) < 4.78 is 36.5. The molecule has 0 aliphatic heterocycles. The van der Waals surface area contributed by atoms with Crippen LogP contribution < -0.4 is 5.32 Å². The standard InChI is InChI=1S/C19H23ClF3NO3/c20-15-11-13(4-8-18(27)6-2-1-3-7-18)10-14(12-15)16(25)5-9-24-17(26)19(21,22)23/h4,8,10-12,16,25,27H,1-3,5-7,9H2,(H,24,26)/b8-4+. The third-order valence-electron chi connectivity index (χ3n) is 4.59. The van der Waals surface area contributed by atoms with Crippen LogP contribution in [0.4, 0.5) is 13.2 Å². The number of alkyl halides is 3. The molecule has 2 rings (SSSR count). The van der Waals surface area contributed by atoms with Crippen LogP contribution in [0.2, 0.25) is 5.02 Å². The number of hydrogen-bond donors (Lipinski definition) is 3. The molecule has 0 radical (unpaired) electrons. The summed E-state index contributed by atoms with van der Waals surface area (Å²) in [5.41, 5.74) is 0.259. The normalized spacial score (nSPS) is 18.4. The van der Waals surface area contributed by atoms with Gasteiger partial charge in [-0.3, -0.25) is 4.79 Å². The van der Waals surface area contributed by atoms with Gasteiger partial charge in [-0.15, -0.1) is 0 Å². The Hall–Kier alpha value is -1.57. The average Bonchev–Trinajstić information content (AvgIpc) is 2.59. The molecular formula is C19H23ClF3NO3. The van der Waals surface area contributed by atoms with Crippen molar-refractivity contribution >= 4 is 23.6 Å². The van der Waals surface area contributed by atoms with Crippen LogP contribution in [0, 0.1) is 0 Å². The Kier molecular flexibility index (Phi) is 7.31. The molecule has 1 aliphatic rings. The number of aliphatic hydroxyl groups excluding tert-OH is 1. The van der Waals surface area contributed by atoms with Gasteiger partial charge in [-0.05, 0) is 48.6 Å². The number of rotatable bonds is 6. The van der Waals surface area contributed by atoms with E-state index in [9.17, 15) is 28.2 Å². The maximum Gasteiger partial charge on any atom is 0.471 e. The van der Waals surface area contributed by atoms with Gasteiger partial charge in [-0.1, -0.05) is 43.0 Å². The predicted molar refractivity (Wildman–Crippen MR) is 97.2 cm³/mol. The molecule has 1 aliphatic carbocycles. The zero-order valence-electron chi connectivity index (χ0n) is 14.7. The molecule has 0 bridgehead atoms. The molecule has 8 heteroatoms. The number of benzene rings is 1. The molecule has 27 heavy (non-hydrogen) atoms. The van der Waals surface area contributed by atoms with E-state index >= 15 is 0 Å². The first-order valence-electron chi connectivity index (χ1n) is 8.84. The summed E-state index contributed by atoms with van der Waals surface area (Å²) in [5.74, 6) is -2.04. The molecule has 0 saturated heterocycles. The maximum atomic E-state index is 12.2. The quantitative estimate of drug-likeness (QED) is 0.666. The molecule has 1 saturated carbocycles. The largest absolute Gasteiger partial charge is 0.471 e. The van der Waals surface area contributed by atoms with Crippen molar-refractivity contribution in [1.29, 1.82) is 0 Å². The highest BCUT2D eigenvalue weighted by Crippen LogP contribution is 2.30. The number of halogens is 4. The first-order valence-corrected chi connectivity index (χ1v) is 9.22. The number of amides is 1. The molecule has 1 amide bonds. The highest BCUT2D eigenvalue weighted by atomic mass is 35.5. The van der Waals surface area contributed by atoms with Crippen LogP contribution >= 0.6 is 11.6 Å². The molecule has 1 fully saturated rings. The lowest BCUT2D eigenvalue weighted by atomic mass is 9.84. The first-order chi connectivity index (χ1) is 12.6. The van der Waals surface area contributed by atoms with E-state index in [0.29, 0.717) is 29.0 Å². The fraction of sp³-hybridized carbons (Fsp3) is 0.526. The van der Waals surface area contributed by atoms with Crippen molar-refractivity contribution in [2.75, 3.05) is 6.54 Å². The summed E-state index contributed by atoms with van der Waals surface area (Å²) in [6, 6.07) is 4.85. The highest BCUT2D eigenvalue weighted by molar-refractivity contribution is 6.30. The Morgan fingerprint density at radius 2 is 1.93 bits per heavy atom. The maximum absolute atomic E-state index is 12.2. The van der Waals surface area contributed by atoms with E-state index in [1.165, 1.54) is 6.07 Å². The lowest BCUT2D eigenvalue weighted by Crippen LogP contribution is -2.37. The second-order valence-electron chi connectivity index (χ2n) is 6.87. The molecule has 1 aromatic rings. The van der Waals surface area contributed by atoms with Crippen LogP contribution in [0.15, 0.2) is 24.3 Å². The van der Waals surface area contributed by atoms with Crippen molar-refractivity contribution in [2.45, 2.75) is 56.4 Å². The predicted octanol–water partition coefficient (Wildman–Crippen LogP) is 4.15. The van der Waals surface area contributed by atoms with Crippen LogP contribution in [0.5, 0.6) is 0 Å². The van der Waals surface area contributed by atoms with E-state index in [1.807, 2.05) is 0 Å². The van der Waals surface area contributed by atoms with Gasteiger partial charge < -0.3 is 15.5 Å². The summed E-state index contributed by atoms with van der Waals surface area (Å²) in [5, 5.41) is 22.8. The van der Waals surface area contributed by atoms with E-state index in [2.05, 4.69) is 0 Å². The molecule has 0 heterocycles. The molecular weight excluding hydrogens is 383 g/mol. The minimum absolute atomic E-state index is 0.0880. The van der Waals surface area contributed by atoms with Gasteiger partial charge in [0.2, 0.25) is 0 Å². The third kappa shape index (κ3) is 6.83. The molecule has 1 aromatic carbocycles. The third-order valence-corrected chi connectivity index (χ3v) is 4.81. The van der Waals surface area contributed by atoms with E-state index in [0.717, 1.165) is 19.3 Å². The van der Waals surface area contributed by atoms with Gasteiger partial charge in [0.15, 0.2) is 0 Å². The van der Waals surface area contributed by atoms with Gasteiger partial charge in [0.25, 0.3) is 0 Å². The Labute approximate surface area is 161 Å². The zero-order chi connectivity index (χ0) is 20.1. The van der Waals surface area contributed by atoms with Crippen molar-refractivity contribution in [3.8, 4) is 0 Å². The van der Waals surface area contributed by atoms with Gasteiger partial charge in [0, 0.05) is 11.6 Å². The summed E-state index contributed by atoms with van der Waals surface area (Å²) in [7, 11) is 0. The Bertz CT molecular complexity index is 685. The van der Waals surface area contributed by atoms with Gasteiger partial charge in [-0.25, -0.2) is 0 Å². The fourth-order valence-electron chi connectivity index (χ4n) is 3.10. The van der Waals surface area contributed by atoms with Crippen LogP contribution in [0.3, 0.4) is 0 Å². The van der Waals surface area contributed by atoms with E-state index < -0.39 is 23.8 Å². The molecule has 0 spiro atoms. The summed E-state index contributed by atoms with van der Waals surface area (Å²) in [6.45, 7) is -0.322. The van der Waals surface area contributed by atoms with E-state index in [-0.39, 0.29) is 13.0 Å². The number of carbonyl (C=O) groups is 1. The lowest BCUT2D eigenvalue weighted by Gasteiger charge is -2.28. The Balaban J connectivity index is 2.00. The van der Waals surface area contributed by atoms with Crippen molar-refractivity contribution in [3.63, 3.8) is 0 Å². The van der Waals surface area contributed by atoms with E-state index in [4.69, 9.17) is 11.6 Å². The van der Waals surface area contributed by atoms with E-state index in [1.54, 1.807) is 29.6 Å². The van der Waals surface area contributed by atoms with Crippen molar-refractivity contribution < 1.29 is 28.2 Å². The summed E-state index contributed by atoms with van der Waals surface area (Å²) >= 11 is 6.07. The summed E-state index contributed by atoms with van der Waals surface area (Å²) in [4.78, 5) is 10.8. The van der Waals surface area contributed by atoms with Crippen LogP contribution in [0.25, 0.3) is 6.08 Å². The van der Waals surface area contributed by atoms with Crippen LogP contribution in [-0.4, -0.2) is 34.4 Å². The summed E-state index contributed by atoms with van der Waals surface area (Å²) in [6.07, 6.45) is 1.77. The molecule has 1 atom stereocenters. The van der Waals surface area contributed by atoms with Gasteiger partial charge in [0.1, 0.15) is 0 Å². The SMILES string of the molecule is O=C(NCCC(O)c1cc(Cl)cc(/C=C/C2(O)CCCCC2)c1)C(F)(F)F. The Morgan fingerprint density at radius 1 is 1.26 bits per heavy atom. The Morgan fingerprint density at radius 3 is 2.56 bits per heavy atom. The topological polar surface area (TPSA) is 69.6 Å². The van der Waals surface area contributed by atoms with Crippen molar-refractivity contribution in [1.82, 2.24) is 5.32 Å². The average molecular weight is 406 g/mol. The fourth-order valence-corrected chi connectivity index (χ4v) is 3.35. The van der Waals surface area contributed by atoms with Gasteiger partial charge >= 0.3 is 12.1 Å². The number of carbonyl (C=O) groups excluding carboxylic acids is 1. The van der Waals surface area contributed by atoms with Crippen molar-refractivity contribution in [3.05, 3.63) is 40.4 Å². The molecule has 4 nitrogen and oxygen atoms in total. The second kappa shape index (κ2) is 9.08. The minimum Gasteiger partial charge on any atom is -0.388 e. The first kappa shape index (κ1) is 21.7. The number of nitrogens with one attached hydrogen (secondary N) is 1. The van der Waals surface area contributed by atoms with Crippen molar-refractivity contribution in [2.24, 2.45) is 0 Å². The lowest BCUT2D eigenvalue weighted by molar-refractivity contribution is -0.173. The van der Waals surface area contributed by atoms with Gasteiger partial charge in [0.05, 0.1) is 11.7 Å². The monoisotopic (exact) mass is 405 g/mol. The van der Waals surface area contributed by atoms with Crippen LogP contribution in [0.1, 0.15) is 55.8 Å². The second-order valence-corrected chi connectivity index (χ2v) is 7.31. The number of hydrogen-bond acceptors (Lipinski definition) is 3. The molecule has 1 unspecified atom stereocenters. The van der Waals surface area contributed by atoms with Crippen LogP contribution in [-0.2, 0) is 4.79 Å². The minimum atomic E-state index is -4.95.